The number of aromatic nitrogens is 1. The quantitative estimate of drug-likeness (QED) is 0.878. The van der Waals surface area contributed by atoms with Crippen molar-refractivity contribution in [3.05, 3.63) is 33.2 Å². The van der Waals surface area contributed by atoms with Crippen LogP contribution in [0.2, 0.25) is 5.02 Å². The Kier molecular flexibility index (Phi) is 5.22. The van der Waals surface area contributed by atoms with Gasteiger partial charge in [0.05, 0.1) is 5.56 Å². The topological polar surface area (TPSA) is 85.4 Å². The van der Waals surface area contributed by atoms with Crippen molar-refractivity contribution in [1.82, 2.24) is 9.47 Å². The van der Waals surface area contributed by atoms with Crippen molar-refractivity contribution in [1.29, 1.82) is 0 Å². The number of carbonyl (C=O) groups excluding carboxylic acids is 2. The molecule has 1 aromatic rings. The molecule has 2 amide bonds. The minimum Gasteiger partial charge on any atom is -0.368 e. The molecule has 0 aromatic carbocycles. The first-order valence-corrected chi connectivity index (χ1v) is 7.55. The monoisotopic (exact) mass is 365 g/mol. The molecular weight excluding hydrogens is 351 g/mol. The van der Waals surface area contributed by atoms with Crippen LogP contribution in [0.5, 0.6) is 0 Å². The number of likely N-dealkylation sites (tertiary alicyclic amines) is 1. The van der Waals surface area contributed by atoms with E-state index in [0.717, 1.165) is 0 Å². The van der Waals surface area contributed by atoms with E-state index in [9.17, 15) is 27.6 Å². The Labute approximate surface area is 140 Å². The van der Waals surface area contributed by atoms with Gasteiger partial charge in [0, 0.05) is 12.7 Å². The van der Waals surface area contributed by atoms with Crippen LogP contribution in [0.4, 0.5) is 13.2 Å². The lowest BCUT2D eigenvalue weighted by molar-refractivity contribution is -0.142. The summed E-state index contributed by atoms with van der Waals surface area (Å²) in [4.78, 5) is 36.8. The highest BCUT2D eigenvalue weighted by Gasteiger charge is 2.34. The molecule has 2 heterocycles. The third-order valence-electron chi connectivity index (χ3n) is 3.83. The van der Waals surface area contributed by atoms with Gasteiger partial charge in [0.25, 0.3) is 5.56 Å². The lowest BCUT2D eigenvalue weighted by atomic mass is 10.0. The number of piperidine rings is 1. The van der Waals surface area contributed by atoms with Crippen molar-refractivity contribution >= 4 is 23.4 Å². The first-order valence-electron chi connectivity index (χ1n) is 7.17. The molecule has 0 radical (unpaired) electrons. The Morgan fingerprint density at radius 2 is 2.00 bits per heavy atom. The molecule has 1 aliphatic heterocycles. The predicted octanol–water partition coefficient (Wildman–Crippen LogP) is 1.39. The van der Waals surface area contributed by atoms with E-state index in [4.69, 9.17) is 17.3 Å². The first kappa shape index (κ1) is 18.3. The Bertz CT molecular complexity index is 717. The molecule has 2 rings (SSSR count). The highest BCUT2D eigenvalue weighted by Crippen LogP contribution is 2.29. The second-order valence-electron chi connectivity index (χ2n) is 5.51. The van der Waals surface area contributed by atoms with Gasteiger partial charge in [-0.25, -0.2) is 0 Å². The van der Waals surface area contributed by atoms with Gasteiger partial charge < -0.3 is 15.2 Å². The largest absolute Gasteiger partial charge is 0.417 e. The van der Waals surface area contributed by atoms with E-state index in [-0.39, 0.29) is 6.54 Å². The van der Waals surface area contributed by atoms with Crippen molar-refractivity contribution in [2.24, 2.45) is 5.73 Å². The van der Waals surface area contributed by atoms with E-state index in [1.165, 1.54) is 4.90 Å². The summed E-state index contributed by atoms with van der Waals surface area (Å²) in [6.45, 7) is -0.389. The van der Waals surface area contributed by atoms with Gasteiger partial charge in [-0.05, 0) is 25.3 Å². The molecule has 132 valence electrons. The van der Waals surface area contributed by atoms with E-state index in [1.54, 1.807) is 0 Å². The molecule has 1 aliphatic rings. The van der Waals surface area contributed by atoms with Gasteiger partial charge in [-0.2, -0.15) is 13.2 Å². The summed E-state index contributed by atoms with van der Waals surface area (Å²) in [6, 6.07) is -0.305. The Hall–Kier alpha value is -2.03. The number of primary amides is 1. The minimum atomic E-state index is -4.71. The zero-order valence-electron chi connectivity index (χ0n) is 12.5. The summed E-state index contributed by atoms with van der Waals surface area (Å²) in [6.07, 6.45) is -2.42. The minimum absolute atomic E-state index is 0.258. The van der Waals surface area contributed by atoms with Gasteiger partial charge in [0.2, 0.25) is 11.8 Å². The summed E-state index contributed by atoms with van der Waals surface area (Å²) < 4.78 is 39.0. The zero-order chi connectivity index (χ0) is 18.1. The van der Waals surface area contributed by atoms with Gasteiger partial charge in [-0.3, -0.25) is 14.4 Å². The molecule has 1 atom stereocenters. The van der Waals surface area contributed by atoms with Gasteiger partial charge in [0.1, 0.15) is 17.6 Å². The number of pyridine rings is 1. The third-order valence-corrected chi connectivity index (χ3v) is 4.10. The number of hydrogen-bond donors (Lipinski definition) is 1. The normalized spacial score (nSPS) is 18.5. The maximum atomic E-state index is 12.8. The summed E-state index contributed by atoms with van der Waals surface area (Å²) in [5.41, 5.74) is 3.21. The van der Waals surface area contributed by atoms with Gasteiger partial charge in [-0.15, -0.1) is 0 Å². The molecule has 1 aromatic heterocycles. The van der Waals surface area contributed by atoms with Crippen molar-refractivity contribution in [3.63, 3.8) is 0 Å². The van der Waals surface area contributed by atoms with Crippen LogP contribution in [-0.4, -0.2) is 33.9 Å². The Balaban J connectivity index is 2.30. The van der Waals surface area contributed by atoms with Gasteiger partial charge in [0.15, 0.2) is 0 Å². The number of hydrogen-bond acceptors (Lipinski definition) is 3. The van der Waals surface area contributed by atoms with Crippen LogP contribution in [0, 0.1) is 0 Å². The smallest absolute Gasteiger partial charge is 0.368 e. The SMILES string of the molecule is NC(=O)[C@H]1CCCCN1C(=O)Cn1cc(C(F)(F)F)cc(Cl)c1=O. The molecular formula is C14H15ClF3N3O3. The fraction of sp³-hybridized carbons (Fsp3) is 0.500. The van der Waals surface area contributed by atoms with Crippen LogP contribution in [0.3, 0.4) is 0 Å². The van der Waals surface area contributed by atoms with Crippen molar-refractivity contribution in [2.45, 2.75) is 38.0 Å². The molecule has 0 aliphatic carbocycles. The summed E-state index contributed by atoms with van der Waals surface area (Å²) in [7, 11) is 0. The van der Waals surface area contributed by atoms with Crippen LogP contribution >= 0.6 is 11.6 Å². The van der Waals surface area contributed by atoms with Gasteiger partial charge in [-0.1, -0.05) is 11.6 Å². The zero-order valence-corrected chi connectivity index (χ0v) is 13.2. The highest BCUT2D eigenvalue weighted by molar-refractivity contribution is 6.30. The molecule has 1 fully saturated rings. The molecule has 0 saturated carbocycles. The maximum Gasteiger partial charge on any atom is 0.417 e. The number of alkyl halides is 3. The molecule has 24 heavy (non-hydrogen) atoms. The molecule has 0 unspecified atom stereocenters. The number of amides is 2. The van der Waals surface area contributed by atoms with E-state index in [2.05, 4.69) is 0 Å². The number of nitrogens with two attached hydrogens (primary N) is 1. The number of carbonyl (C=O) groups is 2. The van der Waals surface area contributed by atoms with E-state index in [1.807, 2.05) is 0 Å². The molecule has 10 heteroatoms. The molecule has 1 saturated heterocycles. The van der Waals surface area contributed by atoms with Crippen molar-refractivity contribution < 1.29 is 22.8 Å². The highest BCUT2D eigenvalue weighted by atomic mass is 35.5. The summed E-state index contributed by atoms with van der Waals surface area (Å²) in [5.74, 6) is -1.34. The summed E-state index contributed by atoms with van der Waals surface area (Å²) in [5, 5.41) is -0.636. The average Bonchev–Trinajstić information content (AvgIpc) is 2.50. The molecule has 0 spiro atoms. The van der Waals surface area contributed by atoms with Crippen LogP contribution in [0.15, 0.2) is 17.1 Å². The van der Waals surface area contributed by atoms with E-state index < -0.39 is 46.7 Å². The lowest BCUT2D eigenvalue weighted by Gasteiger charge is -2.33. The molecule has 2 N–H and O–H groups in total. The molecule has 6 nitrogen and oxygen atoms in total. The van der Waals surface area contributed by atoms with Crippen LogP contribution < -0.4 is 11.3 Å². The van der Waals surface area contributed by atoms with Crippen LogP contribution in [-0.2, 0) is 22.3 Å². The second kappa shape index (κ2) is 6.84. The lowest BCUT2D eigenvalue weighted by Crippen LogP contribution is -2.51. The molecule has 0 bridgehead atoms. The van der Waals surface area contributed by atoms with E-state index >= 15 is 0 Å². The second-order valence-corrected chi connectivity index (χ2v) is 5.92. The Morgan fingerprint density at radius 1 is 1.33 bits per heavy atom. The third kappa shape index (κ3) is 3.89. The Morgan fingerprint density at radius 3 is 2.58 bits per heavy atom. The summed E-state index contributed by atoms with van der Waals surface area (Å²) >= 11 is 5.54. The first-order chi connectivity index (χ1) is 11.1. The average molecular weight is 366 g/mol. The fourth-order valence-corrected chi connectivity index (χ4v) is 2.86. The van der Waals surface area contributed by atoms with Crippen LogP contribution in [0.1, 0.15) is 24.8 Å². The number of rotatable bonds is 3. The fourth-order valence-electron chi connectivity index (χ4n) is 2.63. The van der Waals surface area contributed by atoms with Crippen molar-refractivity contribution in [2.75, 3.05) is 6.54 Å². The standard InChI is InChI=1S/C14H15ClF3N3O3/c15-9-5-8(14(16,17)18)6-20(13(9)24)7-11(22)21-4-2-1-3-10(21)12(19)23/h5-6,10H,1-4,7H2,(H2,19,23)/t10-/m1/s1. The van der Waals surface area contributed by atoms with Gasteiger partial charge >= 0.3 is 6.18 Å². The number of halogens is 4. The van der Waals surface area contributed by atoms with Crippen molar-refractivity contribution in [3.8, 4) is 0 Å². The predicted molar refractivity (Wildman–Crippen MR) is 79.3 cm³/mol. The number of nitrogens with zero attached hydrogens (tertiary/aromatic N) is 2. The maximum absolute atomic E-state index is 12.8. The van der Waals surface area contributed by atoms with E-state index in [0.29, 0.717) is 36.1 Å². The van der Waals surface area contributed by atoms with Crippen LogP contribution in [0.25, 0.3) is 0 Å².